The lowest BCUT2D eigenvalue weighted by atomic mass is 9.99. The number of unbranched alkanes of at least 4 members (excludes halogenated alkanes) is 2. The molecule has 13 heavy (non-hydrogen) atoms. The third-order valence-electron chi connectivity index (χ3n) is 2.98. The van der Waals surface area contributed by atoms with Crippen molar-refractivity contribution in [2.24, 2.45) is 5.92 Å². The second-order valence-corrected chi connectivity index (χ2v) is 5.61. The van der Waals surface area contributed by atoms with Gasteiger partial charge in [-0.3, -0.25) is 0 Å². The number of hydrogen-bond acceptors (Lipinski definition) is 0. The SMILES string of the molecule is CCCCCC([PH3+])CCC(C)CC. The first-order valence-electron chi connectivity index (χ1n) is 6.03. The van der Waals surface area contributed by atoms with E-state index in [1.165, 1.54) is 44.9 Å². The number of hydrogen-bond donors (Lipinski definition) is 0. The van der Waals surface area contributed by atoms with Gasteiger partial charge in [0.2, 0.25) is 0 Å². The van der Waals surface area contributed by atoms with Crippen LogP contribution >= 0.6 is 9.24 Å². The summed E-state index contributed by atoms with van der Waals surface area (Å²) in [6.45, 7) is 6.96. The average molecular weight is 203 g/mol. The van der Waals surface area contributed by atoms with Crippen molar-refractivity contribution in [1.82, 2.24) is 0 Å². The van der Waals surface area contributed by atoms with Crippen LogP contribution in [0, 0.1) is 5.92 Å². The molecule has 0 aromatic carbocycles. The molecule has 0 aliphatic rings. The highest BCUT2D eigenvalue weighted by atomic mass is 31.0. The van der Waals surface area contributed by atoms with E-state index in [0.29, 0.717) is 0 Å². The first-order valence-corrected chi connectivity index (χ1v) is 6.85. The Labute approximate surface area is 87.1 Å². The topological polar surface area (TPSA) is 0 Å². The Bertz CT molecular complexity index is 101. The highest BCUT2D eigenvalue weighted by Gasteiger charge is 2.08. The van der Waals surface area contributed by atoms with Gasteiger partial charge in [0.1, 0.15) is 0 Å². The van der Waals surface area contributed by atoms with Crippen LogP contribution in [-0.2, 0) is 0 Å². The van der Waals surface area contributed by atoms with E-state index in [9.17, 15) is 0 Å². The zero-order chi connectivity index (χ0) is 10.1. The number of rotatable bonds is 8. The van der Waals surface area contributed by atoms with Crippen LogP contribution in [0.4, 0.5) is 0 Å². The molecule has 0 saturated carbocycles. The van der Waals surface area contributed by atoms with Gasteiger partial charge < -0.3 is 0 Å². The van der Waals surface area contributed by atoms with Crippen LogP contribution in [0.25, 0.3) is 0 Å². The molecule has 0 radical (unpaired) electrons. The maximum Gasteiger partial charge on any atom is 0.0630 e. The van der Waals surface area contributed by atoms with E-state index in [-0.39, 0.29) is 0 Å². The van der Waals surface area contributed by atoms with Crippen molar-refractivity contribution >= 4 is 9.24 Å². The Morgan fingerprint density at radius 1 is 1.00 bits per heavy atom. The summed E-state index contributed by atoms with van der Waals surface area (Å²) in [5.74, 6) is 0.943. The van der Waals surface area contributed by atoms with Gasteiger partial charge in [0.25, 0.3) is 0 Å². The molecule has 3 unspecified atom stereocenters. The molecule has 0 spiro atoms. The fourth-order valence-electron chi connectivity index (χ4n) is 1.55. The molecule has 0 saturated heterocycles. The van der Waals surface area contributed by atoms with E-state index >= 15 is 0 Å². The molecule has 3 atom stereocenters. The normalized spacial score (nSPS) is 15.9. The van der Waals surface area contributed by atoms with Crippen LogP contribution in [0.2, 0.25) is 0 Å². The van der Waals surface area contributed by atoms with Crippen LogP contribution in [0.1, 0.15) is 65.7 Å². The van der Waals surface area contributed by atoms with Gasteiger partial charge >= 0.3 is 0 Å². The fraction of sp³-hybridized carbons (Fsp3) is 1.00. The Balaban J connectivity index is 3.24. The van der Waals surface area contributed by atoms with Crippen molar-refractivity contribution < 1.29 is 0 Å². The highest BCUT2D eigenvalue weighted by molar-refractivity contribution is 7.17. The van der Waals surface area contributed by atoms with E-state index in [1.807, 2.05) is 0 Å². The third kappa shape index (κ3) is 8.75. The zero-order valence-electron chi connectivity index (χ0n) is 9.81. The predicted molar refractivity (Wildman–Crippen MR) is 67.7 cm³/mol. The molecule has 0 aliphatic heterocycles. The van der Waals surface area contributed by atoms with E-state index in [1.54, 1.807) is 0 Å². The quantitative estimate of drug-likeness (QED) is 0.406. The molecule has 80 valence electrons. The first-order chi connectivity index (χ1) is 6.20. The average Bonchev–Trinajstić information content (AvgIpc) is 2.14. The molecular formula is C12H28P+. The second kappa shape index (κ2) is 9.00. The van der Waals surface area contributed by atoms with E-state index < -0.39 is 0 Å². The molecule has 0 rings (SSSR count). The minimum atomic E-state index is 0.943. The predicted octanol–water partition coefficient (Wildman–Crippen LogP) is 4.37. The minimum absolute atomic E-state index is 0.943. The van der Waals surface area contributed by atoms with Crippen molar-refractivity contribution in [3.05, 3.63) is 0 Å². The van der Waals surface area contributed by atoms with E-state index in [4.69, 9.17) is 0 Å². The van der Waals surface area contributed by atoms with Crippen molar-refractivity contribution in [2.75, 3.05) is 0 Å². The molecular weight excluding hydrogens is 175 g/mol. The molecule has 0 nitrogen and oxygen atoms in total. The molecule has 0 N–H and O–H groups in total. The van der Waals surface area contributed by atoms with Crippen molar-refractivity contribution in [1.29, 1.82) is 0 Å². The monoisotopic (exact) mass is 203 g/mol. The van der Waals surface area contributed by atoms with Crippen LogP contribution in [0.3, 0.4) is 0 Å². The van der Waals surface area contributed by atoms with E-state index in [2.05, 4.69) is 30.0 Å². The molecule has 0 bridgehead atoms. The molecule has 0 aromatic rings. The fourth-order valence-corrected chi connectivity index (χ4v) is 2.08. The van der Waals surface area contributed by atoms with Gasteiger partial charge in [0.05, 0.1) is 5.66 Å². The summed E-state index contributed by atoms with van der Waals surface area (Å²) in [6.07, 6.45) is 9.95. The summed E-state index contributed by atoms with van der Waals surface area (Å²) in [5.41, 5.74) is 0.987. The minimum Gasteiger partial charge on any atom is -0.0654 e. The van der Waals surface area contributed by atoms with Crippen LogP contribution in [0.15, 0.2) is 0 Å². The Morgan fingerprint density at radius 2 is 1.69 bits per heavy atom. The lowest BCUT2D eigenvalue weighted by molar-refractivity contribution is 0.477. The van der Waals surface area contributed by atoms with Crippen molar-refractivity contribution in [2.45, 2.75) is 71.4 Å². The van der Waals surface area contributed by atoms with Crippen LogP contribution < -0.4 is 0 Å². The standard InChI is InChI=1S/C12H27P/c1-4-6-7-8-12(13)10-9-11(3)5-2/h11-12H,4-10,13H2,1-3H3/p+1. The van der Waals surface area contributed by atoms with Crippen molar-refractivity contribution in [3.63, 3.8) is 0 Å². The smallest absolute Gasteiger partial charge is 0.0630 e. The second-order valence-electron chi connectivity index (χ2n) is 4.45. The summed E-state index contributed by atoms with van der Waals surface area (Å²) < 4.78 is 0. The zero-order valence-corrected chi connectivity index (χ0v) is 11.2. The van der Waals surface area contributed by atoms with Gasteiger partial charge in [-0.1, -0.05) is 40.0 Å². The van der Waals surface area contributed by atoms with Gasteiger partial charge in [-0.25, -0.2) is 0 Å². The summed E-state index contributed by atoms with van der Waals surface area (Å²) in [6, 6.07) is 0. The lowest BCUT2D eigenvalue weighted by Gasteiger charge is -2.10. The largest absolute Gasteiger partial charge is 0.0654 e. The maximum atomic E-state index is 2.38. The first kappa shape index (κ1) is 13.4. The molecule has 1 heteroatoms. The highest BCUT2D eigenvalue weighted by Crippen LogP contribution is 2.20. The molecule has 0 fully saturated rings. The molecule has 0 aliphatic carbocycles. The molecule has 0 aromatic heterocycles. The van der Waals surface area contributed by atoms with Crippen LogP contribution in [-0.4, -0.2) is 5.66 Å². The summed E-state index contributed by atoms with van der Waals surface area (Å²) in [5, 5.41) is 0. The summed E-state index contributed by atoms with van der Waals surface area (Å²) in [7, 11) is 2.21. The van der Waals surface area contributed by atoms with Gasteiger partial charge in [-0.05, 0) is 40.8 Å². The van der Waals surface area contributed by atoms with Gasteiger partial charge in [-0.15, -0.1) is 0 Å². The molecule has 0 heterocycles. The van der Waals surface area contributed by atoms with Gasteiger partial charge in [0, 0.05) is 0 Å². The van der Waals surface area contributed by atoms with Crippen LogP contribution in [0.5, 0.6) is 0 Å². The molecule has 0 amide bonds. The van der Waals surface area contributed by atoms with E-state index in [0.717, 1.165) is 11.6 Å². The summed E-state index contributed by atoms with van der Waals surface area (Å²) >= 11 is 0. The Morgan fingerprint density at radius 3 is 2.23 bits per heavy atom. The third-order valence-corrected chi connectivity index (χ3v) is 3.80. The summed E-state index contributed by atoms with van der Waals surface area (Å²) in [4.78, 5) is 0. The van der Waals surface area contributed by atoms with Gasteiger partial charge in [-0.2, -0.15) is 0 Å². The Kier molecular flexibility index (Phi) is 9.30. The van der Waals surface area contributed by atoms with Crippen molar-refractivity contribution in [3.8, 4) is 0 Å². The Hall–Kier alpha value is 0.430. The maximum absolute atomic E-state index is 2.38. The lowest BCUT2D eigenvalue weighted by Crippen LogP contribution is -2.01. The van der Waals surface area contributed by atoms with Gasteiger partial charge in [0.15, 0.2) is 0 Å².